The quantitative estimate of drug-likeness (QED) is 0.109. The van der Waals surface area contributed by atoms with E-state index in [0.717, 1.165) is 0 Å². The average molecular weight is 744 g/mol. The molecule has 268 valence electrons. The molecular formula is C30H29F12NO3S2. The molecule has 0 saturated carbocycles. The highest BCUT2D eigenvalue weighted by Crippen LogP contribution is 2.33. The number of hydrogen-bond donors (Lipinski definition) is 2. The van der Waals surface area contributed by atoms with Crippen LogP contribution in [0.15, 0.2) is 57.7 Å². The molecule has 48 heavy (non-hydrogen) atoms. The normalized spacial score (nSPS) is 13.2. The molecule has 0 radical (unpaired) electrons. The van der Waals surface area contributed by atoms with E-state index in [-0.39, 0.29) is 12.5 Å². The molecule has 0 aliphatic rings. The highest BCUT2D eigenvalue weighted by molar-refractivity contribution is 7.99. The minimum Gasteiger partial charge on any atom is -0.504 e. The van der Waals surface area contributed by atoms with Gasteiger partial charge in [0.05, 0.1) is 11.5 Å². The molecular weight excluding hydrogens is 714 g/mol. The highest BCUT2D eigenvalue weighted by atomic mass is 32.2. The first kappa shape index (κ1) is 42.7. The van der Waals surface area contributed by atoms with Crippen LogP contribution in [-0.2, 0) is 22.4 Å². The fourth-order valence-electron chi connectivity index (χ4n) is 3.73. The predicted molar refractivity (Wildman–Crippen MR) is 158 cm³/mol. The molecule has 18 heteroatoms. The van der Waals surface area contributed by atoms with Gasteiger partial charge in [0.2, 0.25) is 5.76 Å². The zero-order valence-corrected chi connectivity index (χ0v) is 27.1. The van der Waals surface area contributed by atoms with E-state index >= 15 is 0 Å². The topological polar surface area (TPSA) is 80.4 Å². The zero-order valence-electron chi connectivity index (χ0n) is 25.5. The summed E-state index contributed by atoms with van der Waals surface area (Å²) in [6.45, 7) is 6.46. The molecule has 0 fully saturated rings. The third-order valence-corrected chi connectivity index (χ3v) is 8.46. The summed E-state index contributed by atoms with van der Waals surface area (Å²) in [6, 6.07) is 5.92. The van der Waals surface area contributed by atoms with Crippen molar-refractivity contribution in [3.8, 4) is 0 Å². The number of hydrogen-bond acceptors (Lipinski definition) is 6. The summed E-state index contributed by atoms with van der Waals surface area (Å²) >= 11 is 1.11. The Kier molecular flexibility index (Phi) is 15.0. The fourth-order valence-corrected chi connectivity index (χ4v) is 5.39. The Bertz CT molecular complexity index is 1410. The molecule has 0 aliphatic carbocycles. The summed E-state index contributed by atoms with van der Waals surface area (Å²) in [6.07, 6.45) is -19.0. The maximum absolute atomic E-state index is 12.3. The summed E-state index contributed by atoms with van der Waals surface area (Å²) in [5.41, 5.74) is 6.29. The van der Waals surface area contributed by atoms with Gasteiger partial charge in [-0.2, -0.15) is 52.7 Å². The maximum atomic E-state index is 12.3. The van der Waals surface area contributed by atoms with Crippen LogP contribution in [0.25, 0.3) is 0 Å². The lowest BCUT2D eigenvalue weighted by molar-refractivity contribution is -0.125. The largest absolute Gasteiger partial charge is 0.504 e. The molecule has 3 N–H and O–H groups in total. The van der Waals surface area contributed by atoms with Crippen LogP contribution in [0.5, 0.6) is 0 Å². The van der Waals surface area contributed by atoms with Gasteiger partial charge in [-0.05, 0) is 73.2 Å². The van der Waals surface area contributed by atoms with Crippen molar-refractivity contribution in [2.24, 2.45) is 5.73 Å². The number of rotatable bonds is 10. The van der Waals surface area contributed by atoms with Gasteiger partial charge in [-0.3, -0.25) is 9.59 Å². The molecule has 0 spiro atoms. The van der Waals surface area contributed by atoms with Crippen molar-refractivity contribution in [1.82, 2.24) is 0 Å². The van der Waals surface area contributed by atoms with Crippen molar-refractivity contribution < 1.29 is 67.4 Å². The van der Waals surface area contributed by atoms with Crippen LogP contribution in [-0.4, -0.2) is 52.9 Å². The monoisotopic (exact) mass is 743 g/mol. The number of benzene rings is 2. The standard InChI is InChI=1S/C15H15F6NOS.C15H14F6O2S/c1-8-3-9(2)12(24-7-14(16,17)18)5-10(8)4-11(23)6-13(22)15(19,20)21;1-8-3-9(2)12(24-7-14(16,17)18)5-10(8)4-11(22)6-13(23)15(19,20)21/h3,5-6H,4,7,22H2,1-2H3;3,5-6,23H,4,7H2,1-2H3/b2*13-6-. The first-order chi connectivity index (χ1) is 21.6. The van der Waals surface area contributed by atoms with Crippen molar-refractivity contribution in [3.05, 3.63) is 81.3 Å². The Morgan fingerprint density at radius 1 is 0.625 bits per heavy atom. The summed E-state index contributed by atoms with van der Waals surface area (Å²) in [5.74, 6) is -6.08. The molecule has 0 aromatic heterocycles. The van der Waals surface area contributed by atoms with E-state index in [0.29, 0.717) is 72.8 Å². The minimum atomic E-state index is -5.02. The minimum absolute atomic E-state index is 0.0713. The number of carbonyl (C=O) groups is 2. The molecule has 0 heterocycles. The van der Waals surface area contributed by atoms with Crippen LogP contribution in [0, 0.1) is 27.7 Å². The molecule has 2 aromatic carbocycles. The van der Waals surface area contributed by atoms with E-state index in [1.165, 1.54) is 12.1 Å². The van der Waals surface area contributed by atoms with Crippen molar-refractivity contribution in [2.45, 2.75) is 75.0 Å². The van der Waals surface area contributed by atoms with Crippen LogP contribution in [0.1, 0.15) is 33.4 Å². The summed E-state index contributed by atoms with van der Waals surface area (Å²) < 4.78 is 147. The number of alkyl halides is 12. The van der Waals surface area contributed by atoms with E-state index in [1.54, 1.807) is 39.8 Å². The Morgan fingerprint density at radius 3 is 1.29 bits per heavy atom. The Labute approximate surface area is 275 Å². The second kappa shape index (κ2) is 16.9. The molecule has 0 amide bonds. The van der Waals surface area contributed by atoms with Gasteiger partial charge >= 0.3 is 24.7 Å². The van der Waals surface area contributed by atoms with Gasteiger partial charge in [0.1, 0.15) is 5.70 Å². The number of aliphatic hydroxyl groups excluding tert-OH is 1. The van der Waals surface area contributed by atoms with Crippen LogP contribution in [0.2, 0.25) is 0 Å². The van der Waals surface area contributed by atoms with Crippen LogP contribution < -0.4 is 5.73 Å². The maximum Gasteiger partial charge on any atom is 0.448 e. The van der Waals surface area contributed by atoms with Crippen LogP contribution in [0.4, 0.5) is 52.7 Å². The van der Waals surface area contributed by atoms with Gasteiger partial charge < -0.3 is 10.8 Å². The predicted octanol–water partition coefficient (Wildman–Crippen LogP) is 9.55. The molecule has 0 atom stereocenters. The molecule has 0 saturated heterocycles. The lowest BCUT2D eigenvalue weighted by Crippen LogP contribution is -2.21. The van der Waals surface area contributed by atoms with E-state index < -0.39 is 65.7 Å². The number of thioether (sulfide) groups is 2. The number of halogens is 12. The fraction of sp³-hybridized carbons (Fsp3) is 0.400. The van der Waals surface area contributed by atoms with Gasteiger partial charge in [0.15, 0.2) is 11.6 Å². The van der Waals surface area contributed by atoms with E-state index in [4.69, 9.17) is 10.8 Å². The molecule has 0 bridgehead atoms. The number of aliphatic hydroxyl groups is 1. The van der Waals surface area contributed by atoms with Gasteiger partial charge in [-0.15, -0.1) is 23.5 Å². The number of aryl methyl sites for hydroxylation is 4. The molecule has 2 aromatic rings. The number of ketones is 2. The zero-order chi connectivity index (χ0) is 37.4. The van der Waals surface area contributed by atoms with Gasteiger partial charge in [-0.25, -0.2) is 0 Å². The van der Waals surface area contributed by atoms with Crippen molar-refractivity contribution >= 4 is 35.1 Å². The first-order valence-corrected chi connectivity index (χ1v) is 15.2. The average Bonchev–Trinajstić information content (AvgIpc) is 2.88. The summed E-state index contributed by atoms with van der Waals surface area (Å²) in [5, 5.41) is 8.76. The summed E-state index contributed by atoms with van der Waals surface area (Å²) in [4.78, 5) is 23.9. The van der Waals surface area contributed by atoms with E-state index in [1.807, 2.05) is 0 Å². The first-order valence-electron chi connectivity index (χ1n) is 13.3. The van der Waals surface area contributed by atoms with E-state index in [2.05, 4.69) is 0 Å². The van der Waals surface area contributed by atoms with Gasteiger partial charge in [0.25, 0.3) is 0 Å². The number of allylic oxidation sites excluding steroid dienone is 4. The molecule has 0 unspecified atom stereocenters. The molecule has 0 aliphatic heterocycles. The second-order valence-corrected chi connectivity index (χ2v) is 12.3. The van der Waals surface area contributed by atoms with Crippen LogP contribution >= 0.6 is 23.5 Å². The van der Waals surface area contributed by atoms with Crippen molar-refractivity contribution in [1.29, 1.82) is 0 Å². The van der Waals surface area contributed by atoms with Gasteiger partial charge in [-0.1, -0.05) is 12.1 Å². The Morgan fingerprint density at radius 2 is 0.979 bits per heavy atom. The lowest BCUT2D eigenvalue weighted by atomic mass is 10.0. The van der Waals surface area contributed by atoms with Crippen molar-refractivity contribution in [3.63, 3.8) is 0 Å². The lowest BCUT2D eigenvalue weighted by Gasteiger charge is -2.13. The van der Waals surface area contributed by atoms with Crippen LogP contribution in [0.3, 0.4) is 0 Å². The smallest absolute Gasteiger partial charge is 0.448 e. The summed E-state index contributed by atoms with van der Waals surface area (Å²) in [7, 11) is 0. The Balaban J connectivity index is 0.000000480. The van der Waals surface area contributed by atoms with E-state index in [9.17, 15) is 62.3 Å². The van der Waals surface area contributed by atoms with Gasteiger partial charge in [0, 0.05) is 34.8 Å². The van der Waals surface area contributed by atoms with Crippen molar-refractivity contribution in [2.75, 3.05) is 11.5 Å². The SMILES string of the molecule is Cc1cc(C)c(SCC(F)(F)F)cc1CC(=O)/C=C(\N)C(F)(F)F.Cc1cc(C)c(SCC(F)(F)F)cc1CC(=O)/C=C(\O)C(F)(F)F. The molecule has 4 nitrogen and oxygen atoms in total. The highest BCUT2D eigenvalue weighted by Gasteiger charge is 2.35. The number of carbonyl (C=O) groups excluding carboxylic acids is 2. The third kappa shape index (κ3) is 15.7. The second-order valence-electron chi connectivity index (χ2n) is 10.3. The molecule has 2 rings (SSSR count). The Hall–Kier alpha value is -3.28. The third-order valence-electron chi connectivity index (χ3n) is 6.01. The number of nitrogens with two attached hydrogens (primary N) is 1.